The molecule has 0 bridgehead atoms. The van der Waals surface area contributed by atoms with E-state index in [1.807, 2.05) is 54.6 Å². The Morgan fingerprint density at radius 2 is 1.82 bits per heavy atom. The van der Waals surface area contributed by atoms with E-state index in [1.54, 1.807) is 25.1 Å². The van der Waals surface area contributed by atoms with Crippen LogP contribution < -0.4 is 0 Å². The van der Waals surface area contributed by atoms with Crippen molar-refractivity contribution < 1.29 is 14.0 Å². The minimum absolute atomic E-state index is 0.0210. The number of fused-ring (bicyclic) bond motifs is 1. The van der Waals surface area contributed by atoms with Crippen molar-refractivity contribution in [2.24, 2.45) is 0 Å². The van der Waals surface area contributed by atoms with Crippen molar-refractivity contribution in [3.63, 3.8) is 0 Å². The van der Waals surface area contributed by atoms with Crippen LogP contribution in [0.2, 0.25) is 0 Å². The van der Waals surface area contributed by atoms with Crippen molar-refractivity contribution in [1.82, 2.24) is 14.5 Å². The molecule has 38 heavy (non-hydrogen) atoms. The number of hydrogen-bond donors (Lipinski definition) is 0. The Morgan fingerprint density at radius 1 is 1.05 bits per heavy atom. The molecule has 2 aliphatic rings. The number of nitrogens with zero attached hydrogens (tertiary/aromatic N) is 3. The summed E-state index contributed by atoms with van der Waals surface area (Å²) in [7, 11) is 3.48. The third-order valence-electron chi connectivity index (χ3n) is 7.59. The molecule has 5 nitrogen and oxygen atoms in total. The molecule has 6 heteroatoms. The van der Waals surface area contributed by atoms with Crippen molar-refractivity contribution in [2.75, 3.05) is 14.1 Å². The molecule has 1 heterocycles. The van der Waals surface area contributed by atoms with Gasteiger partial charge in [-0.25, -0.2) is 9.37 Å². The van der Waals surface area contributed by atoms with E-state index in [0.717, 1.165) is 59.1 Å². The van der Waals surface area contributed by atoms with E-state index in [1.165, 1.54) is 19.3 Å². The molecule has 0 aliphatic heterocycles. The van der Waals surface area contributed by atoms with Crippen molar-refractivity contribution in [3.8, 4) is 0 Å². The van der Waals surface area contributed by atoms with Gasteiger partial charge in [-0.1, -0.05) is 43.5 Å². The third kappa shape index (κ3) is 5.54. The second-order valence-corrected chi connectivity index (χ2v) is 10.6. The van der Waals surface area contributed by atoms with Gasteiger partial charge in [-0.05, 0) is 73.2 Å². The Morgan fingerprint density at radius 3 is 2.53 bits per heavy atom. The maximum Gasteiger partial charge on any atom is 0.253 e. The molecule has 3 aromatic rings. The minimum Gasteiger partial charge on any atom is -0.345 e. The summed E-state index contributed by atoms with van der Waals surface area (Å²) in [6.45, 7) is 0. The maximum atomic E-state index is 15.2. The van der Waals surface area contributed by atoms with Crippen molar-refractivity contribution in [1.29, 1.82) is 0 Å². The van der Waals surface area contributed by atoms with Gasteiger partial charge in [0.2, 0.25) is 0 Å². The Balaban J connectivity index is 1.42. The topological polar surface area (TPSA) is 55.2 Å². The summed E-state index contributed by atoms with van der Waals surface area (Å²) in [4.78, 5) is 30.0. The number of imidazole rings is 1. The van der Waals surface area contributed by atoms with E-state index < -0.39 is 0 Å². The fourth-order valence-corrected chi connectivity index (χ4v) is 5.54. The number of carbonyl (C=O) groups excluding carboxylic acids is 2. The molecule has 0 atom stereocenters. The van der Waals surface area contributed by atoms with Gasteiger partial charge in [0.05, 0.1) is 11.0 Å². The predicted octanol–water partition coefficient (Wildman–Crippen LogP) is 7.26. The van der Waals surface area contributed by atoms with Gasteiger partial charge >= 0.3 is 0 Å². The number of amides is 1. The summed E-state index contributed by atoms with van der Waals surface area (Å²) in [6, 6.07) is 13.6. The van der Waals surface area contributed by atoms with Crippen LogP contribution in [0.1, 0.15) is 83.1 Å². The number of aryl methyl sites for hydroxylation is 1. The molecule has 0 unspecified atom stereocenters. The largest absolute Gasteiger partial charge is 0.345 e. The zero-order valence-corrected chi connectivity index (χ0v) is 22.1. The first-order valence-electron chi connectivity index (χ1n) is 13.5. The quantitative estimate of drug-likeness (QED) is 0.314. The van der Waals surface area contributed by atoms with E-state index in [9.17, 15) is 9.59 Å². The molecular weight excluding hydrogens is 477 g/mol. The molecule has 196 valence electrons. The molecule has 1 saturated carbocycles. The number of halogens is 1. The predicted molar refractivity (Wildman–Crippen MR) is 150 cm³/mol. The van der Waals surface area contributed by atoms with Crippen LogP contribution in [0.25, 0.3) is 16.6 Å². The fraction of sp³-hybridized carbons (Fsp3) is 0.344. The summed E-state index contributed by atoms with van der Waals surface area (Å²) in [6.07, 6.45) is 13.9. The molecule has 5 rings (SSSR count). The zero-order valence-electron chi connectivity index (χ0n) is 22.1. The first-order chi connectivity index (χ1) is 18.4. The van der Waals surface area contributed by atoms with Crippen LogP contribution in [0.15, 0.2) is 72.1 Å². The number of aldehydes is 1. The van der Waals surface area contributed by atoms with E-state index in [2.05, 4.69) is 4.57 Å². The van der Waals surface area contributed by atoms with Crippen LogP contribution in [0.4, 0.5) is 4.39 Å². The number of benzene rings is 2. The molecule has 1 fully saturated rings. The van der Waals surface area contributed by atoms with Crippen molar-refractivity contribution in [2.45, 2.75) is 57.4 Å². The van der Waals surface area contributed by atoms with E-state index in [0.29, 0.717) is 23.6 Å². The van der Waals surface area contributed by atoms with Crippen LogP contribution in [0.3, 0.4) is 0 Å². The molecule has 0 N–H and O–H groups in total. The smallest absolute Gasteiger partial charge is 0.253 e. The van der Waals surface area contributed by atoms with E-state index >= 15 is 4.39 Å². The molecule has 1 aromatic heterocycles. The average molecular weight is 512 g/mol. The van der Waals surface area contributed by atoms with Crippen molar-refractivity contribution in [3.05, 3.63) is 94.6 Å². The summed E-state index contributed by atoms with van der Waals surface area (Å²) >= 11 is 0. The summed E-state index contributed by atoms with van der Waals surface area (Å²) in [5.41, 5.74) is 5.93. The highest BCUT2D eigenvalue weighted by atomic mass is 19.1. The molecule has 0 saturated heterocycles. The van der Waals surface area contributed by atoms with Gasteiger partial charge in [0, 0.05) is 43.3 Å². The summed E-state index contributed by atoms with van der Waals surface area (Å²) in [5, 5.41) is 0. The number of rotatable bonds is 7. The Bertz CT molecular complexity index is 1440. The minimum atomic E-state index is -0.178. The highest BCUT2D eigenvalue weighted by Crippen LogP contribution is 2.37. The van der Waals surface area contributed by atoms with Gasteiger partial charge in [-0.3, -0.25) is 9.59 Å². The highest BCUT2D eigenvalue weighted by molar-refractivity contribution is 5.93. The number of carbonyl (C=O) groups is 2. The fourth-order valence-electron chi connectivity index (χ4n) is 5.54. The van der Waals surface area contributed by atoms with Gasteiger partial charge < -0.3 is 9.47 Å². The lowest BCUT2D eigenvalue weighted by molar-refractivity contribution is 0.0827. The average Bonchev–Trinajstić information content (AvgIpc) is 3.21. The lowest BCUT2D eigenvalue weighted by Crippen LogP contribution is -2.21. The molecule has 2 aromatic carbocycles. The summed E-state index contributed by atoms with van der Waals surface area (Å²) < 4.78 is 17.5. The van der Waals surface area contributed by atoms with E-state index in [-0.39, 0.29) is 18.2 Å². The molecule has 2 aliphatic carbocycles. The van der Waals surface area contributed by atoms with E-state index in [4.69, 9.17) is 4.98 Å². The first-order valence-corrected chi connectivity index (χ1v) is 13.5. The maximum absolute atomic E-state index is 15.2. The lowest BCUT2D eigenvalue weighted by atomic mass is 9.94. The number of hydrogen-bond acceptors (Lipinski definition) is 3. The van der Waals surface area contributed by atoms with Gasteiger partial charge in [0.25, 0.3) is 5.91 Å². The normalized spacial score (nSPS) is 16.4. The highest BCUT2D eigenvalue weighted by Gasteiger charge is 2.24. The lowest BCUT2D eigenvalue weighted by Gasteiger charge is -2.26. The van der Waals surface area contributed by atoms with Gasteiger partial charge in [0.15, 0.2) is 0 Å². The zero-order chi connectivity index (χ0) is 26.6. The molecule has 0 radical (unpaired) electrons. The van der Waals surface area contributed by atoms with Crippen molar-refractivity contribution >= 4 is 28.8 Å². The van der Waals surface area contributed by atoms with Crippen LogP contribution in [-0.4, -0.2) is 40.7 Å². The SMILES string of the molecule is CN(C)C(=O)c1ccc(CCC2=CC=C(c3nc4cc(C=O)ccc4n3C3CCCCC3)CC(F)=C2)cc1. The van der Waals surface area contributed by atoms with Crippen LogP contribution in [0, 0.1) is 0 Å². The Hall–Kier alpha value is -3.80. The van der Waals surface area contributed by atoms with Gasteiger partial charge in [-0.15, -0.1) is 0 Å². The second kappa shape index (κ2) is 11.3. The second-order valence-electron chi connectivity index (χ2n) is 10.6. The van der Waals surface area contributed by atoms with Crippen LogP contribution in [0.5, 0.6) is 0 Å². The van der Waals surface area contributed by atoms with Crippen LogP contribution in [-0.2, 0) is 6.42 Å². The number of allylic oxidation sites excluding steroid dienone is 6. The number of aromatic nitrogens is 2. The third-order valence-corrected chi connectivity index (χ3v) is 7.59. The van der Waals surface area contributed by atoms with Crippen LogP contribution >= 0.6 is 0 Å². The molecular formula is C32H34FN3O2. The summed E-state index contributed by atoms with van der Waals surface area (Å²) in [5.74, 6) is 0.604. The Kier molecular flexibility index (Phi) is 7.68. The van der Waals surface area contributed by atoms with Gasteiger partial charge in [0.1, 0.15) is 17.9 Å². The molecule has 1 amide bonds. The monoisotopic (exact) mass is 511 g/mol. The first kappa shape index (κ1) is 25.8. The Labute approximate surface area is 223 Å². The molecule has 0 spiro atoms. The van der Waals surface area contributed by atoms with Gasteiger partial charge in [-0.2, -0.15) is 0 Å². The standard InChI is InChI=1S/C32H34FN3O2/c1-35(2)32(38)25-14-10-22(11-15-25)8-9-23-12-16-26(20-27(33)18-23)31-34-29-19-24(21-37)13-17-30(29)36(31)28-6-4-3-5-7-28/h10-19,21,28H,3-9,20H2,1-2H3.